The molecule has 88 valence electrons. The molecule has 0 aromatic carbocycles. The highest BCUT2D eigenvalue weighted by Gasteiger charge is 2.32. The van der Waals surface area contributed by atoms with Crippen molar-refractivity contribution in [3.05, 3.63) is 42.4 Å². The second-order valence-corrected chi connectivity index (χ2v) is 3.59. The van der Waals surface area contributed by atoms with Crippen LogP contribution in [0.1, 0.15) is 5.56 Å². The van der Waals surface area contributed by atoms with Crippen LogP contribution in [-0.4, -0.2) is 9.97 Å². The molecule has 2 rings (SSSR count). The van der Waals surface area contributed by atoms with Crippen LogP contribution >= 0.6 is 0 Å². The molecule has 2 aromatic rings. The third-order valence-electron chi connectivity index (χ3n) is 2.04. The first-order valence-corrected chi connectivity index (χ1v) is 4.93. The Balaban J connectivity index is 2.55. The van der Waals surface area contributed by atoms with Gasteiger partial charge in [-0.3, -0.25) is 3.97 Å². The van der Waals surface area contributed by atoms with E-state index < -0.39 is 11.7 Å². The Hall–Kier alpha value is -1.76. The van der Waals surface area contributed by atoms with Crippen LogP contribution in [0.2, 0.25) is 0 Å². The molecule has 2 heterocycles. The SMILES string of the molecule is FC(F)(F)c1cc[n+]([S-])c(-c2ncccn2)c1. The standard InChI is InChI=1S/C10H6F3N3S/c11-10(12,13)7-2-5-16(17)8(6-7)9-14-3-1-4-15-9/h1-6H. The summed E-state index contributed by atoms with van der Waals surface area (Å²) < 4.78 is 38.7. The van der Waals surface area contributed by atoms with Gasteiger partial charge in [0.2, 0.25) is 11.5 Å². The lowest BCUT2D eigenvalue weighted by atomic mass is 10.2. The molecule has 0 amide bonds. The summed E-state index contributed by atoms with van der Waals surface area (Å²) in [6.07, 6.45) is -0.368. The van der Waals surface area contributed by atoms with Crippen LogP contribution in [0.4, 0.5) is 13.2 Å². The number of rotatable bonds is 1. The van der Waals surface area contributed by atoms with Crippen molar-refractivity contribution in [3.8, 4) is 11.5 Å². The van der Waals surface area contributed by atoms with E-state index in [1.807, 2.05) is 0 Å². The largest absolute Gasteiger partial charge is 0.426 e. The van der Waals surface area contributed by atoms with Gasteiger partial charge in [-0.15, -0.1) is 0 Å². The van der Waals surface area contributed by atoms with Crippen molar-refractivity contribution in [1.29, 1.82) is 0 Å². The molecule has 0 saturated carbocycles. The summed E-state index contributed by atoms with van der Waals surface area (Å²) in [5, 5.41) is 0. The Kier molecular flexibility index (Phi) is 2.93. The van der Waals surface area contributed by atoms with Gasteiger partial charge in [0.15, 0.2) is 6.20 Å². The first-order valence-electron chi connectivity index (χ1n) is 4.56. The van der Waals surface area contributed by atoms with E-state index in [-0.39, 0.29) is 11.5 Å². The van der Waals surface area contributed by atoms with Crippen molar-refractivity contribution in [2.24, 2.45) is 0 Å². The van der Waals surface area contributed by atoms with E-state index in [0.29, 0.717) is 0 Å². The Bertz CT molecular complexity index is 528. The average molecular weight is 257 g/mol. The molecule has 7 heteroatoms. The Morgan fingerprint density at radius 3 is 2.41 bits per heavy atom. The van der Waals surface area contributed by atoms with Gasteiger partial charge in [0.1, 0.15) is 0 Å². The van der Waals surface area contributed by atoms with Crippen LogP contribution in [-0.2, 0) is 19.0 Å². The zero-order valence-electron chi connectivity index (χ0n) is 8.35. The van der Waals surface area contributed by atoms with Crippen LogP contribution in [0.5, 0.6) is 0 Å². The summed E-state index contributed by atoms with van der Waals surface area (Å²) in [7, 11) is 0. The van der Waals surface area contributed by atoms with Crippen molar-refractivity contribution >= 4 is 12.8 Å². The molecule has 0 atom stereocenters. The lowest BCUT2D eigenvalue weighted by Gasteiger charge is -2.09. The molecule has 0 spiro atoms. The van der Waals surface area contributed by atoms with Crippen molar-refractivity contribution in [2.45, 2.75) is 6.18 Å². The second-order valence-electron chi connectivity index (χ2n) is 3.20. The Labute approximate surface area is 101 Å². The van der Waals surface area contributed by atoms with E-state index in [1.54, 1.807) is 6.07 Å². The molecule has 0 saturated heterocycles. The summed E-state index contributed by atoms with van der Waals surface area (Å²) >= 11 is 4.89. The zero-order chi connectivity index (χ0) is 12.5. The maximum atomic E-state index is 12.5. The van der Waals surface area contributed by atoms with Crippen molar-refractivity contribution in [1.82, 2.24) is 9.97 Å². The van der Waals surface area contributed by atoms with E-state index >= 15 is 0 Å². The molecule has 0 aliphatic carbocycles. The van der Waals surface area contributed by atoms with E-state index in [9.17, 15) is 13.2 Å². The number of hydrogen-bond acceptors (Lipinski definition) is 3. The van der Waals surface area contributed by atoms with E-state index in [0.717, 1.165) is 22.3 Å². The van der Waals surface area contributed by atoms with Gasteiger partial charge in [-0.2, -0.15) is 13.2 Å². The molecule has 0 aliphatic heterocycles. The quantitative estimate of drug-likeness (QED) is 0.576. The van der Waals surface area contributed by atoms with Gasteiger partial charge < -0.3 is 12.8 Å². The van der Waals surface area contributed by atoms with Crippen molar-refractivity contribution in [2.75, 3.05) is 0 Å². The maximum Gasteiger partial charge on any atom is 0.416 e. The first kappa shape index (κ1) is 11.7. The maximum absolute atomic E-state index is 12.5. The number of alkyl halides is 3. The number of hydrogen-bond donors (Lipinski definition) is 0. The van der Waals surface area contributed by atoms with E-state index in [2.05, 4.69) is 9.97 Å². The molecule has 0 radical (unpaired) electrons. The highest BCUT2D eigenvalue weighted by Crippen LogP contribution is 2.29. The highest BCUT2D eigenvalue weighted by atomic mass is 32.1. The van der Waals surface area contributed by atoms with Gasteiger partial charge in [0.25, 0.3) is 0 Å². The topological polar surface area (TPSA) is 29.7 Å². The van der Waals surface area contributed by atoms with E-state index in [1.165, 1.54) is 12.4 Å². The fraction of sp³-hybridized carbons (Fsp3) is 0.100. The number of aromatic nitrogens is 3. The second kappa shape index (κ2) is 4.25. The third-order valence-corrected chi connectivity index (χ3v) is 2.36. The minimum absolute atomic E-state index is 0.135. The lowest BCUT2D eigenvalue weighted by Crippen LogP contribution is -2.30. The molecule has 0 aliphatic rings. The highest BCUT2D eigenvalue weighted by molar-refractivity contribution is 7.51. The van der Waals surface area contributed by atoms with Crippen LogP contribution in [0.25, 0.3) is 11.5 Å². The Morgan fingerprint density at radius 2 is 1.82 bits per heavy atom. The van der Waals surface area contributed by atoms with Crippen LogP contribution < -0.4 is 3.97 Å². The van der Waals surface area contributed by atoms with Crippen LogP contribution in [0, 0.1) is 0 Å². The molecule has 0 N–H and O–H groups in total. The molecular weight excluding hydrogens is 251 g/mol. The summed E-state index contributed by atoms with van der Waals surface area (Å²) in [5.41, 5.74) is -0.642. The minimum Gasteiger partial charge on any atom is -0.426 e. The number of halogens is 3. The third kappa shape index (κ3) is 2.50. The fourth-order valence-electron chi connectivity index (χ4n) is 1.26. The normalized spacial score (nSPS) is 11.5. The number of pyridine rings is 1. The monoisotopic (exact) mass is 257 g/mol. The zero-order valence-corrected chi connectivity index (χ0v) is 9.16. The molecule has 17 heavy (non-hydrogen) atoms. The van der Waals surface area contributed by atoms with Crippen LogP contribution in [0.15, 0.2) is 36.8 Å². The lowest BCUT2D eigenvalue weighted by molar-refractivity contribution is -0.480. The van der Waals surface area contributed by atoms with Gasteiger partial charge >= 0.3 is 6.18 Å². The molecule has 3 nitrogen and oxygen atoms in total. The number of nitrogens with zero attached hydrogens (tertiary/aromatic N) is 3. The molecule has 0 unspecified atom stereocenters. The Morgan fingerprint density at radius 1 is 1.18 bits per heavy atom. The van der Waals surface area contributed by atoms with Crippen molar-refractivity contribution < 1.29 is 17.1 Å². The summed E-state index contributed by atoms with van der Waals surface area (Å²) in [6, 6.07) is 3.42. The minimum atomic E-state index is -4.41. The summed E-state index contributed by atoms with van der Waals surface area (Å²) in [6.45, 7) is 0. The van der Waals surface area contributed by atoms with Crippen molar-refractivity contribution in [3.63, 3.8) is 0 Å². The molecule has 0 bridgehead atoms. The molecule has 0 fully saturated rings. The molecular formula is C10H6F3N3S. The van der Waals surface area contributed by atoms with Gasteiger partial charge in [-0.1, -0.05) is 0 Å². The average Bonchev–Trinajstić information content (AvgIpc) is 2.29. The van der Waals surface area contributed by atoms with E-state index in [4.69, 9.17) is 12.8 Å². The van der Waals surface area contributed by atoms with Gasteiger partial charge in [-0.25, -0.2) is 9.97 Å². The molecule has 2 aromatic heterocycles. The van der Waals surface area contributed by atoms with Crippen LogP contribution in [0.3, 0.4) is 0 Å². The fourth-order valence-corrected chi connectivity index (χ4v) is 1.45. The first-order chi connectivity index (χ1) is 7.98. The predicted octanol–water partition coefficient (Wildman–Crippen LogP) is 1.76. The summed E-state index contributed by atoms with van der Waals surface area (Å²) in [5.74, 6) is 0.161. The van der Waals surface area contributed by atoms with Gasteiger partial charge in [-0.05, 0) is 6.07 Å². The predicted molar refractivity (Wildman–Crippen MR) is 55.4 cm³/mol. The van der Waals surface area contributed by atoms with Gasteiger partial charge in [0, 0.05) is 24.5 Å². The van der Waals surface area contributed by atoms with Gasteiger partial charge in [0.05, 0.1) is 5.56 Å². The summed E-state index contributed by atoms with van der Waals surface area (Å²) in [4.78, 5) is 7.73. The smallest absolute Gasteiger partial charge is 0.416 e.